The molecule has 0 aromatic carbocycles. The lowest BCUT2D eigenvalue weighted by atomic mass is 10.3. The molecular formula is C16H14N6O2S2. The van der Waals surface area contributed by atoms with Crippen molar-refractivity contribution in [3.05, 3.63) is 43.9 Å². The summed E-state index contributed by atoms with van der Waals surface area (Å²) in [5, 5.41) is 20.9. The molecule has 1 aliphatic rings. The van der Waals surface area contributed by atoms with Gasteiger partial charge < -0.3 is 0 Å². The summed E-state index contributed by atoms with van der Waals surface area (Å²) in [5.41, 5.74) is -1.15. The fourth-order valence-electron chi connectivity index (χ4n) is 2.71. The molecule has 0 unspecified atom stereocenters. The van der Waals surface area contributed by atoms with E-state index in [0.717, 1.165) is 39.9 Å². The van der Waals surface area contributed by atoms with Gasteiger partial charge in [0, 0.05) is 20.1 Å². The fraction of sp³-hybridized carbons (Fsp3) is 0.312. The lowest BCUT2D eigenvalue weighted by molar-refractivity contribution is 0.625. The van der Waals surface area contributed by atoms with E-state index in [-0.39, 0.29) is 10.6 Å². The Balaban J connectivity index is 1.87. The van der Waals surface area contributed by atoms with Crippen molar-refractivity contribution >= 4 is 23.1 Å². The second-order valence-corrected chi connectivity index (χ2v) is 7.89. The number of hydrogen-bond donors (Lipinski definition) is 0. The number of aromatic nitrogens is 5. The maximum absolute atomic E-state index is 12.3. The molecule has 0 bridgehead atoms. The van der Waals surface area contributed by atoms with Crippen molar-refractivity contribution in [1.29, 1.82) is 5.26 Å². The van der Waals surface area contributed by atoms with E-state index in [4.69, 9.17) is 0 Å². The van der Waals surface area contributed by atoms with Crippen LogP contribution < -0.4 is 11.2 Å². The molecule has 1 fully saturated rings. The van der Waals surface area contributed by atoms with Gasteiger partial charge in [0.25, 0.3) is 5.56 Å². The van der Waals surface area contributed by atoms with E-state index in [1.165, 1.54) is 11.6 Å². The van der Waals surface area contributed by atoms with Crippen LogP contribution in [-0.4, -0.2) is 23.9 Å². The van der Waals surface area contributed by atoms with Crippen molar-refractivity contribution in [1.82, 2.24) is 23.9 Å². The molecule has 4 rings (SSSR count). The first-order chi connectivity index (χ1) is 12.5. The summed E-state index contributed by atoms with van der Waals surface area (Å²) in [7, 11) is 2.91. The van der Waals surface area contributed by atoms with Crippen LogP contribution in [0.4, 0.5) is 0 Å². The molecule has 1 saturated carbocycles. The topological polar surface area (TPSA) is 98.5 Å². The van der Waals surface area contributed by atoms with Gasteiger partial charge >= 0.3 is 5.69 Å². The third-order valence-corrected chi connectivity index (χ3v) is 6.23. The van der Waals surface area contributed by atoms with Gasteiger partial charge in [-0.3, -0.25) is 18.5 Å². The van der Waals surface area contributed by atoms with Gasteiger partial charge in [-0.05, 0) is 36.0 Å². The molecule has 0 spiro atoms. The standard InChI is InChI=1S/C16H14N6O2S2/c1-20-13(23)10(8-17)14(21(2)16(20)24)26-15-19-18-12(11-4-3-7-25-11)22(15)9-5-6-9/h3-4,7,9H,5-6H2,1-2H3. The highest BCUT2D eigenvalue weighted by Crippen LogP contribution is 2.43. The molecule has 3 aromatic rings. The molecule has 26 heavy (non-hydrogen) atoms. The average Bonchev–Trinajstić information content (AvgIpc) is 3.16. The summed E-state index contributed by atoms with van der Waals surface area (Å²) in [6, 6.07) is 6.17. The number of thiophene rings is 1. The minimum Gasteiger partial charge on any atom is -0.298 e. The molecule has 3 aromatic heterocycles. The molecule has 3 heterocycles. The predicted molar refractivity (Wildman–Crippen MR) is 97.4 cm³/mol. The lowest BCUT2D eigenvalue weighted by Crippen LogP contribution is -2.39. The number of nitriles is 1. The quantitative estimate of drug-likeness (QED) is 0.634. The first-order valence-electron chi connectivity index (χ1n) is 7.89. The molecular weight excluding hydrogens is 372 g/mol. The summed E-state index contributed by atoms with van der Waals surface area (Å²) in [4.78, 5) is 25.5. The lowest BCUT2D eigenvalue weighted by Gasteiger charge is -2.12. The van der Waals surface area contributed by atoms with E-state index in [9.17, 15) is 14.9 Å². The Bertz CT molecular complexity index is 1150. The van der Waals surface area contributed by atoms with Gasteiger partial charge in [0.15, 0.2) is 11.0 Å². The van der Waals surface area contributed by atoms with Crippen LogP contribution in [0.3, 0.4) is 0 Å². The molecule has 1 aliphatic carbocycles. The number of nitrogens with zero attached hydrogens (tertiary/aromatic N) is 6. The van der Waals surface area contributed by atoms with E-state index in [2.05, 4.69) is 10.2 Å². The minimum atomic E-state index is -0.603. The monoisotopic (exact) mass is 386 g/mol. The van der Waals surface area contributed by atoms with Gasteiger partial charge in [-0.25, -0.2) is 4.79 Å². The largest absolute Gasteiger partial charge is 0.331 e. The predicted octanol–water partition coefficient (Wildman–Crippen LogP) is 1.76. The molecule has 0 amide bonds. The molecule has 8 nitrogen and oxygen atoms in total. The Kier molecular flexibility index (Phi) is 4.05. The summed E-state index contributed by atoms with van der Waals surface area (Å²) < 4.78 is 4.28. The third kappa shape index (κ3) is 2.60. The second kappa shape index (κ2) is 6.26. The summed E-state index contributed by atoms with van der Waals surface area (Å²) >= 11 is 2.72. The summed E-state index contributed by atoms with van der Waals surface area (Å²) in [5.74, 6) is 0.775. The van der Waals surface area contributed by atoms with Crippen LogP contribution in [0.15, 0.2) is 37.3 Å². The van der Waals surface area contributed by atoms with Gasteiger partial charge in [-0.1, -0.05) is 6.07 Å². The molecule has 0 atom stereocenters. The Morgan fingerprint density at radius 3 is 2.65 bits per heavy atom. The second-order valence-electron chi connectivity index (χ2n) is 5.98. The fourth-order valence-corrected chi connectivity index (χ4v) is 4.45. The van der Waals surface area contributed by atoms with Crippen LogP contribution in [-0.2, 0) is 14.1 Å². The van der Waals surface area contributed by atoms with Crippen LogP contribution in [0.2, 0.25) is 0 Å². The Hall–Kier alpha value is -2.64. The zero-order chi connectivity index (χ0) is 18.4. The van der Waals surface area contributed by atoms with Crippen molar-refractivity contribution in [2.24, 2.45) is 14.1 Å². The maximum atomic E-state index is 12.3. The summed E-state index contributed by atoms with van der Waals surface area (Å²) in [6.07, 6.45) is 2.06. The average molecular weight is 386 g/mol. The van der Waals surface area contributed by atoms with Crippen LogP contribution in [0.25, 0.3) is 10.7 Å². The van der Waals surface area contributed by atoms with E-state index in [0.29, 0.717) is 11.2 Å². The molecule has 132 valence electrons. The normalized spacial score (nSPS) is 13.7. The van der Waals surface area contributed by atoms with E-state index < -0.39 is 11.2 Å². The molecule has 0 saturated heterocycles. The van der Waals surface area contributed by atoms with Gasteiger partial charge in [0.1, 0.15) is 16.7 Å². The van der Waals surface area contributed by atoms with Crippen molar-refractivity contribution in [3.8, 4) is 16.8 Å². The van der Waals surface area contributed by atoms with Crippen LogP contribution >= 0.6 is 23.1 Å². The van der Waals surface area contributed by atoms with Gasteiger partial charge in [0.2, 0.25) is 0 Å². The van der Waals surface area contributed by atoms with Crippen molar-refractivity contribution in [2.45, 2.75) is 29.1 Å². The van der Waals surface area contributed by atoms with E-state index in [1.807, 2.05) is 28.1 Å². The maximum Gasteiger partial charge on any atom is 0.331 e. The van der Waals surface area contributed by atoms with E-state index >= 15 is 0 Å². The van der Waals surface area contributed by atoms with E-state index in [1.54, 1.807) is 18.4 Å². The Labute approximate surface area is 156 Å². The highest BCUT2D eigenvalue weighted by molar-refractivity contribution is 7.99. The SMILES string of the molecule is Cn1c(Sc2nnc(-c3cccs3)n2C2CC2)c(C#N)c(=O)n(C)c1=O. The third-order valence-electron chi connectivity index (χ3n) is 4.23. The van der Waals surface area contributed by atoms with Crippen molar-refractivity contribution in [3.63, 3.8) is 0 Å². The van der Waals surface area contributed by atoms with Gasteiger partial charge in [-0.2, -0.15) is 5.26 Å². The van der Waals surface area contributed by atoms with Crippen molar-refractivity contribution in [2.75, 3.05) is 0 Å². The molecule has 0 aliphatic heterocycles. The van der Waals surface area contributed by atoms with Crippen LogP contribution in [0.1, 0.15) is 24.4 Å². The minimum absolute atomic E-state index is 0.0670. The molecule has 0 N–H and O–H groups in total. The zero-order valence-corrected chi connectivity index (χ0v) is 15.7. The first kappa shape index (κ1) is 16.8. The smallest absolute Gasteiger partial charge is 0.298 e. The van der Waals surface area contributed by atoms with Crippen LogP contribution in [0, 0.1) is 11.3 Å². The summed E-state index contributed by atoms with van der Waals surface area (Å²) in [6.45, 7) is 0. The highest BCUT2D eigenvalue weighted by atomic mass is 32.2. The Morgan fingerprint density at radius 1 is 1.27 bits per heavy atom. The number of rotatable bonds is 4. The highest BCUT2D eigenvalue weighted by Gasteiger charge is 2.31. The van der Waals surface area contributed by atoms with Gasteiger partial charge in [-0.15, -0.1) is 21.5 Å². The first-order valence-corrected chi connectivity index (χ1v) is 9.59. The zero-order valence-electron chi connectivity index (χ0n) is 14.0. The molecule has 0 radical (unpaired) electrons. The van der Waals surface area contributed by atoms with Gasteiger partial charge in [0.05, 0.1) is 4.88 Å². The molecule has 10 heteroatoms. The van der Waals surface area contributed by atoms with Crippen LogP contribution in [0.5, 0.6) is 0 Å². The Morgan fingerprint density at radius 2 is 2.04 bits per heavy atom. The van der Waals surface area contributed by atoms with Crippen molar-refractivity contribution < 1.29 is 0 Å². The number of hydrogen-bond acceptors (Lipinski definition) is 7.